The van der Waals surface area contributed by atoms with Gasteiger partial charge in [0.05, 0.1) is 6.04 Å². The van der Waals surface area contributed by atoms with Gasteiger partial charge in [-0.25, -0.2) is 4.39 Å². The summed E-state index contributed by atoms with van der Waals surface area (Å²) in [6.45, 7) is -0.0481. The summed E-state index contributed by atoms with van der Waals surface area (Å²) in [6.07, 6.45) is 3.10. The van der Waals surface area contributed by atoms with Crippen molar-refractivity contribution < 1.29 is 23.5 Å². The lowest BCUT2D eigenvalue weighted by Gasteiger charge is -2.20. The second-order valence-corrected chi connectivity index (χ2v) is 7.83. The Morgan fingerprint density at radius 3 is 2.69 bits per heavy atom. The zero-order valence-electron chi connectivity index (χ0n) is 15.9. The van der Waals surface area contributed by atoms with Gasteiger partial charge in [-0.3, -0.25) is 14.4 Å². The first-order chi connectivity index (χ1) is 14.0. The van der Waals surface area contributed by atoms with E-state index in [-0.39, 0.29) is 18.3 Å². The number of likely N-dealkylation sites (tertiary alicyclic amines) is 1. The monoisotopic (exact) mass is 418 g/mol. The van der Waals surface area contributed by atoms with Gasteiger partial charge < -0.3 is 15.0 Å². The highest BCUT2D eigenvalue weighted by Crippen LogP contribution is 2.26. The van der Waals surface area contributed by atoms with Gasteiger partial charge >= 0.3 is 5.97 Å². The van der Waals surface area contributed by atoms with Crippen molar-refractivity contribution in [1.82, 2.24) is 10.2 Å². The Morgan fingerprint density at radius 2 is 1.97 bits per heavy atom. The summed E-state index contributed by atoms with van der Waals surface area (Å²) in [6, 6.07) is 9.15. The van der Waals surface area contributed by atoms with E-state index in [2.05, 4.69) is 5.32 Å². The van der Waals surface area contributed by atoms with Crippen LogP contribution in [0.2, 0.25) is 0 Å². The lowest BCUT2D eigenvalue weighted by atomic mass is 10.1. The van der Waals surface area contributed by atoms with E-state index < -0.39 is 24.5 Å². The third-order valence-electron chi connectivity index (χ3n) is 4.69. The summed E-state index contributed by atoms with van der Waals surface area (Å²) < 4.78 is 18.3. The number of hydrogen-bond donors (Lipinski definition) is 1. The maximum atomic E-state index is 13.2. The van der Waals surface area contributed by atoms with Gasteiger partial charge in [0, 0.05) is 17.8 Å². The fraction of sp³-hybridized carbons (Fsp3) is 0.381. The Kier molecular flexibility index (Phi) is 7.35. The maximum Gasteiger partial charge on any atom is 0.326 e. The fourth-order valence-corrected chi connectivity index (χ4v) is 3.99. The Morgan fingerprint density at radius 1 is 1.17 bits per heavy atom. The van der Waals surface area contributed by atoms with E-state index in [0.29, 0.717) is 13.0 Å². The van der Waals surface area contributed by atoms with Crippen LogP contribution < -0.4 is 5.32 Å². The van der Waals surface area contributed by atoms with Crippen molar-refractivity contribution in [2.24, 2.45) is 0 Å². The molecule has 3 rings (SSSR count). The summed E-state index contributed by atoms with van der Waals surface area (Å²) in [4.78, 5) is 38.8. The molecular weight excluding hydrogens is 395 g/mol. The van der Waals surface area contributed by atoms with Crippen LogP contribution in [0.1, 0.15) is 42.2 Å². The molecule has 0 spiro atoms. The van der Waals surface area contributed by atoms with Crippen molar-refractivity contribution in [3.05, 3.63) is 58.0 Å². The van der Waals surface area contributed by atoms with Crippen LogP contribution in [0.3, 0.4) is 0 Å². The van der Waals surface area contributed by atoms with Crippen molar-refractivity contribution >= 4 is 29.1 Å². The molecule has 2 aromatic rings. The number of halogens is 1. The molecule has 1 N–H and O–H groups in total. The number of thiophene rings is 1. The smallest absolute Gasteiger partial charge is 0.326 e. The molecule has 154 valence electrons. The van der Waals surface area contributed by atoms with Gasteiger partial charge in [0.1, 0.15) is 12.4 Å². The van der Waals surface area contributed by atoms with Crippen LogP contribution in [0.5, 0.6) is 0 Å². The molecule has 1 aliphatic rings. The van der Waals surface area contributed by atoms with Gasteiger partial charge in [-0.15, -0.1) is 11.3 Å². The number of hydrogen-bond acceptors (Lipinski definition) is 5. The van der Waals surface area contributed by atoms with Gasteiger partial charge in [-0.2, -0.15) is 0 Å². The highest BCUT2D eigenvalue weighted by molar-refractivity contribution is 7.10. The topological polar surface area (TPSA) is 75.7 Å². The number of ether oxygens (including phenoxy) is 1. The van der Waals surface area contributed by atoms with Crippen molar-refractivity contribution in [2.75, 3.05) is 19.7 Å². The first-order valence-corrected chi connectivity index (χ1v) is 10.4. The minimum absolute atomic E-state index is 0.0574. The number of esters is 1. The number of nitrogens with one attached hydrogen (secondary N) is 1. The highest BCUT2D eigenvalue weighted by Gasteiger charge is 2.22. The minimum Gasteiger partial charge on any atom is -0.454 e. The SMILES string of the molecule is O=C(COC(=O)CN1CCCCCC1=O)N[C@H](c1ccc(F)cc1)c1cccs1. The zero-order valence-corrected chi connectivity index (χ0v) is 16.8. The molecule has 1 aromatic carbocycles. The van der Waals surface area contributed by atoms with Gasteiger partial charge in [0.15, 0.2) is 6.61 Å². The molecule has 0 unspecified atom stereocenters. The van der Waals surface area contributed by atoms with E-state index in [4.69, 9.17) is 4.74 Å². The number of nitrogens with zero attached hydrogens (tertiary/aromatic N) is 1. The molecule has 8 heteroatoms. The van der Waals surface area contributed by atoms with Crippen LogP contribution in [-0.4, -0.2) is 42.4 Å². The van der Waals surface area contributed by atoms with E-state index in [1.807, 2.05) is 17.5 Å². The normalized spacial score (nSPS) is 15.5. The quantitative estimate of drug-likeness (QED) is 0.702. The van der Waals surface area contributed by atoms with Crippen molar-refractivity contribution in [3.8, 4) is 0 Å². The molecule has 2 heterocycles. The molecule has 1 aromatic heterocycles. The van der Waals surface area contributed by atoms with Gasteiger partial charge in [-0.05, 0) is 42.0 Å². The molecule has 1 atom stereocenters. The van der Waals surface area contributed by atoms with Gasteiger partial charge in [-0.1, -0.05) is 24.6 Å². The van der Waals surface area contributed by atoms with Crippen molar-refractivity contribution in [1.29, 1.82) is 0 Å². The third kappa shape index (κ3) is 6.12. The lowest BCUT2D eigenvalue weighted by Crippen LogP contribution is -2.38. The molecule has 1 aliphatic heterocycles. The molecule has 0 aliphatic carbocycles. The second-order valence-electron chi connectivity index (χ2n) is 6.85. The molecule has 1 fully saturated rings. The van der Waals surface area contributed by atoms with E-state index >= 15 is 0 Å². The fourth-order valence-electron chi connectivity index (χ4n) is 3.19. The first-order valence-electron chi connectivity index (χ1n) is 9.54. The molecule has 6 nitrogen and oxygen atoms in total. The zero-order chi connectivity index (χ0) is 20.6. The lowest BCUT2D eigenvalue weighted by molar-refractivity contribution is -0.152. The second kappa shape index (κ2) is 10.2. The van der Waals surface area contributed by atoms with Crippen LogP contribution in [-0.2, 0) is 19.1 Å². The average Bonchev–Trinajstić information content (AvgIpc) is 3.17. The highest BCUT2D eigenvalue weighted by atomic mass is 32.1. The summed E-state index contributed by atoms with van der Waals surface area (Å²) in [5.41, 5.74) is 0.726. The largest absolute Gasteiger partial charge is 0.454 e. The Hall–Kier alpha value is -2.74. The van der Waals surface area contributed by atoms with Crippen LogP contribution in [0.25, 0.3) is 0 Å². The first kappa shape index (κ1) is 21.0. The minimum atomic E-state index is -0.607. The molecular formula is C21H23FN2O4S. The van der Waals surface area contributed by atoms with E-state index in [1.54, 1.807) is 12.1 Å². The number of amides is 2. The summed E-state index contributed by atoms with van der Waals surface area (Å²) in [5.74, 6) is -1.49. The molecule has 29 heavy (non-hydrogen) atoms. The average molecular weight is 418 g/mol. The Bertz CT molecular complexity index is 839. The van der Waals surface area contributed by atoms with Gasteiger partial charge in [0.25, 0.3) is 5.91 Å². The number of carbonyl (C=O) groups excluding carboxylic acids is 3. The summed E-state index contributed by atoms with van der Waals surface area (Å²) >= 11 is 1.46. The van der Waals surface area contributed by atoms with Crippen LogP contribution in [0.4, 0.5) is 4.39 Å². The van der Waals surface area contributed by atoms with Crippen molar-refractivity contribution in [3.63, 3.8) is 0 Å². The molecule has 0 saturated carbocycles. The van der Waals surface area contributed by atoms with E-state index in [9.17, 15) is 18.8 Å². The van der Waals surface area contributed by atoms with Crippen LogP contribution >= 0.6 is 11.3 Å². The third-order valence-corrected chi connectivity index (χ3v) is 5.63. The summed E-state index contributed by atoms with van der Waals surface area (Å²) in [7, 11) is 0. The number of benzene rings is 1. The standard InChI is InChI=1S/C21H23FN2O4S/c22-16-9-7-15(8-10-16)21(17-5-4-12-29-17)23-18(25)14-28-20(27)13-24-11-3-1-2-6-19(24)26/h4-5,7-10,12,21H,1-3,6,11,13-14H2,(H,23,25)/t21-/m1/s1. The molecule has 0 bridgehead atoms. The number of carbonyl (C=O) groups is 3. The molecule has 2 amide bonds. The molecule has 0 radical (unpaired) electrons. The number of rotatable bonds is 7. The summed E-state index contributed by atoms with van der Waals surface area (Å²) in [5, 5.41) is 4.71. The van der Waals surface area contributed by atoms with Crippen LogP contribution in [0, 0.1) is 5.82 Å². The predicted molar refractivity (Wildman–Crippen MR) is 107 cm³/mol. The van der Waals surface area contributed by atoms with Gasteiger partial charge in [0.2, 0.25) is 5.91 Å². The molecule has 1 saturated heterocycles. The van der Waals surface area contributed by atoms with Crippen molar-refractivity contribution in [2.45, 2.75) is 31.7 Å². The maximum absolute atomic E-state index is 13.2. The van der Waals surface area contributed by atoms with E-state index in [0.717, 1.165) is 29.7 Å². The predicted octanol–water partition coefficient (Wildman–Crippen LogP) is 3.04. The Balaban J connectivity index is 1.55. The Labute approximate surface area is 172 Å². The van der Waals surface area contributed by atoms with Crippen LogP contribution in [0.15, 0.2) is 41.8 Å². The van der Waals surface area contributed by atoms with E-state index in [1.165, 1.54) is 28.4 Å².